The number of nitrogens with zero attached hydrogens (tertiary/aromatic N) is 5. The summed E-state index contributed by atoms with van der Waals surface area (Å²) >= 11 is 6.09. The highest BCUT2D eigenvalue weighted by Crippen LogP contribution is 2.27. The molecule has 0 aliphatic carbocycles. The van der Waals surface area contributed by atoms with E-state index in [0.717, 1.165) is 43.3 Å². The number of hydrogen-bond donors (Lipinski definition) is 3. The zero-order chi connectivity index (χ0) is 29.6. The van der Waals surface area contributed by atoms with Gasteiger partial charge in [-0.3, -0.25) is 14.7 Å². The molecule has 0 saturated carbocycles. The van der Waals surface area contributed by atoms with Gasteiger partial charge in [-0.15, -0.1) is 10.2 Å². The quantitative estimate of drug-likeness (QED) is 0.462. The van der Waals surface area contributed by atoms with Crippen LogP contribution in [0.2, 0.25) is 5.02 Å². The number of benzene rings is 1. The van der Waals surface area contributed by atoms with E-state index in [2.05, 4.69) is 37.1 Å². The molecule has 41 heavy (non-hydrogen) atoms. The Morgan fingerprint density at radius 1 is 1.10 bits per heavy atom. The number of carbonyl (C=O) groups is 2. The van der Waals surface area contributed by atoms with Gasteiger partial charge in [-0.25, -0.2) is 4.79 Å². The van der Waals surface area contributed by atoms with Crippen LogP contribution in [-0.2, 0) is 25.5 Å². The molecule has 16 heteroatoms. The monoisotopic (exact) mass is 603 g/mol. The van der Waals surface area contributed by atoms with E-state index < -0.39 is 18.2 Å². The number of anilines is 2. The topological polar surface area (TPSA) is 150 Å². The number of amides is 1. The van der Waals surface area contributed by atoms with Gasteiger partial charge in [0.2, 0.25) is 11.9 Å². The van der Waals surface area contributed by atoms with Gasteiger partial charge in [0.05, 0.1) is 19.8 Å². The van der Waals surface area contributed by atoms with Crippen molar-refractivity contribution in [2.24, 2.45) is 0 Å². The van der Waals surface area contributed by atoms with Gasteiger partial charge in [0.25, 0.3) is 5.91 Å². The minimum absolute atomic E-state index is 0.0767. The number of piperidine rings is 1. The molecule has 2 aromatic rings. The lowest BCUT2D eigenvalue weighted by atomic mass is 9.96. The molecule has 1 aromatic carbocycles. The molecule has 12 nitrogen and oxygen atoms in total. The van der Waals surface area contributed by atoms with E-state index in [1.165, 1.54) is 5.56 Å². The summed E-state index contributed by atoms with van der Waals surface area (Å²) in [5.74, 6) is -1.63. The van der Waals surface area contributed by atoms with Crippen molar-refractivity contribution >= 4 is 35.4 Å². The summed E-state index contributed by atoms with van der Waals surface area (Å²) in [5.41, 5.74) is 6.92. The van der Waals surface area contributed by atoms with Gasteiger partial charge in [-0.1, -0.05) is 23.7 Å². The first kappa shape index (κ1) is 30.8. The summed E-state index contributed by atoms with van der Waals surface area (Å²) in [5, 5.41) is 15.9. The first-order valence-electron chi connectivity index (χ1n) is 13.2. The summed E-state index contributed by atoms with van der Waals surface area (Å²) in [4.78, 5) is 31.7. The third kappa shape index (κ3) is 8.44. The molecule has 3 aliphatic rings. The maximum atomic E-state index is 13.2. The van der Waals surface area contributed by atoms with Crippen LogP contribution in [0.15, 0.2) is 24.3 Å². The molecule has 0 bridgehead atoms. The van der Waals surface area contributed by atoms with Crippen LogP contribution in [0.5, 0.6) is 0 Å². The Labute approximate surface area is 239 Å². The molecule has 226 valence electrons. The number of morpholine rings is 2. The van der Waals surface area contributed by atoms with E-state index in [4.69, 9.17) is 36.7 Å². The van der Waals surface area contributed by atoms with Gasteiger partial charge in [0.1, 0.15) is 6.10 Å². The fourth-order valence-electron chi connectivity index (χ4n) is 5.19. The van der Waals surface area contributed by atoms with Crippen LogP contribution in [-0.4, -0.2) is 119 Å². The predicted molar refractivity (Wildman–Crippen MR) is 143 cm³/mol. The summed E-state index contributed by atoms with van der Waals surface area (Å²) < 4.78 is 43.3. The number of nitrogens with one attached hydrogen (secondary N) is 1. The summed E-state index contributed by atoms with van der Waals surface area (Å²) in [6, 6.07) is 8.56. The van der Waals surface area contributed by atoms with Gasteiger partial charge in [0, 0.05) is 49.8 Å². The molecule has 2 atom stereocenters. The first-order chi connectivity index (χ1) is 19.5. The second-order valence-corrected chi connectivity index (χ2v) is 10.4. The maximum Gasteiger partial charge on any atom is 0.490 e. The highest BCUT2D eigenvalue weighted by atomic mass is 35.5. The first-order valence-corrected chi connectivity index (χ1v) is 13.6. The smallest absolute Gasteiger partial charge is 0.475 e. The normalized spacial score (nSPS) is 22.6. The largest absolute Gasteiger partial charge is 0.490 e. The van der Waals surface area contributed by atoms with Gasteiger partial charge in [-0.05, 0) is 37.0 Å². The number of aliphatic carboxylic acids is 1. The number of aromatic nitrogens is 3. The van der Waals surface area contributed by atoms with Crippen molar-refractivity contribution < 1.29 is 37.3 Å². The molecule has 4 heterocycles. The molecule has 1 aromatic heterocycles. The minimum atomic E-state index is -5.08. The summed E-state index contributed by atoms with van der Waals surface area (Å²) in [7, 11) is 0. The van der Waals surface area contributed by atoms with E-state index in [0.29, 0.717) is 51.4 Å². The van der Waals surface area contributed by atoms with Crippen LogP contribution in [0, 0.1) is 0 Å². The second-order valence-electron chi connectivity index (χ2n) is 10.00. The summed E-state index contributed by atoms with van der Waals surface area (Å²) in [6.07, 6.45) is -2.73. The number of carbonyl (C=O) groups excluding carboxylic acids is 1. The third-order valence-corrected chi connectivity index (χ3v) is 7.54. The number of rotatable bonds is 5. The zero-order valence-corrected chi connectivity index (χ0v) is 23.0. The summed E-state index contributed by atoms with van der Waals surface area (Å²) in [6.45, 7) is 5.28. The number of carboxylic acids is 1. The van der Waals surface area contributed by atoms with Crippen molar-refractivity contribution in [3.8, 4) is 0 Å². The molecule has 1 amide bonds. The van der Waals surface area contributed by atoms with E-state index in [9.17, 15) is 18.0 Å². The van der Waals surface area contributed by atoms with Crippen LogP contribution >= 0.6 is 11.6 Å². The Morgan fingerprint density at radius 2 is 1.73 bits per heavy atom. The fraction of sp³-hybridized carbons (Fsp3) is 0.600. The van der Waals surface area contributed by atoms with E-state index >= 15 is 0 Å². The lowest BCUT2D eigenvalue weighted by Gasteiger charge is -2.47. The van der Waals surface area contributed by atoms with Gasteiger partial charge < -0.3 is 30.1 Å². The van der Waals surface area contributed by atoms with Crippen molar-refractivity contribution in [1.82, 2.24) is 25.0 Å². The molecule has 3 aliphatic heterocycles. The molecule has 0 radical (unpaired) electrons. The molecule has 3 saturated heterocycles. The molecule has 0 unspecified atom stereocenters. The number of halogens is 4. The van der Waals surface area contributed by atoms with Crippen molar-refractivity contribution in [3.05, 3.63) is 34.9 Å². The predicted octanol–water partition coefficient (Wildman–Crippen LogP) is 1.81. The Balaban J connectivity index is 0.000000493. The number of aromatic amines is 1. The van der Waals surface area contributed by atoms with Crippen LogP contribution < -0.4 is 10.6 Å². The average molecular weight is 604 g/mol. The Hall–Kier alpha value is -3.14. The molecule has 5 rings (SSSR count). The Kier molecular flexibility index (Phi) is 10.3. The van der Waals surface area contributed by atoms with Crippen LogP contribution in [0.1, 0.15) is 18.4 Å². The van der Waals surface area contributed by atoms with Crippen LogP contribution in [0.25, 0.3) is 0 Å². The molecular formula is C25H33ClF3N7O5. The van der Waals surface area contributed by atoms with E-state index in [-0.39, 0.29) is 11.9 Å². The Bertz CT molecular complexity index is 1160. The highest BCUT2D eigenvalue weighted by molar-refractivity contribution is 6.30. The van der Waals surface area contributed by atoms with E-state index in [1.807, 2.05) is 17.0 Å². The number of nitrogen functional groups attached to an aromatic ring is 1. The van der Waals surface area contributed by atoms with Gasteiger partial charge in [0.15, 0.2) is 0 Å². The van der Waals surface area contributed by atoms with Crippen molar-refractivity contribution in [1.29, 1.82) is 0 Å². The number of alkyl halides is 3. The molecule has 0 spiro atoms. The number of H-pyrrole nitrogens is 1. The number of carboxylic acid groups (broad SMARTS) is 1. The molecular weight excluding hydrogens is 571 g/mol. The lowest BCUT2D eigenvalue weighted by molar-refractivity contribution is -0.192. The van der Waals surface area contributed by atoms with Crippen molar-refractivity contribution in [2.45, 2.75) is 43.6 Å². The van der Waals surface area contributed by atoms with Crippen LogP contribution in [0.3, 0.4) is 0 Å². The van der Waals surface area contributed by atoms with Gasteiger partial charge >= 0.3 is 12.1 Å². The number of hydrogen-bond acceptors (Lipinski definition) is 9. The van der Waals surface area contributed by atoms with Crippen molar-refractivity contribution in [2.75, 3.05) is 63.2 Å². The maximum absolute atomic E-state index is 13.2. The minimum Gasteiger partial charge on any atom is -0.475 e. The average Bonchev–Trinajstić information content (AvgIpc) is 3.40. The fourth-order valence-corrected chi connectivity index (χ4v) is 5.31. The highest BCUT2D eigenvalue weighted by Gasteiger charge is 2.40. The SMILES string of the molecule is Nc1nnc(N2CCC(N3C[C@H](C(=O)N4CCOCC4)OC[C@@H]3Cc3ccc(Cl)cc3)CC2)[nH]1.O=C(O)C(F)(F)F. The van der Waals surface area contributed by atoms with Crippen LogP contribution in [0.4, 0.5) is 25.1 Å². The van der Waals surface area contributed by atoms with Crippen molar-refractivity contribution in [3.63, 3.8) is 0 Å². The number of nitrogens with two attached hydrogens (primary N) is 1. The lowest BCUT2D eigenvalue weighted by Crippen LogP contribution is -2.60. The van der Waals surface area contributed by atoms with Gasteiger partial charge in [-0.2, -0.15) is 13.2 Å². The standard InChI is InChI=1S/C23H32ClN7O3.C2HF3O2/c24-17-3-1-16(2-4-17)13-19-15-34-20(21(32)29-9-11-33-12-10-29)14-31(19)18-5-7-30(8-6-18)23-26-22(25)27-28-23;3-2(4,5)1(6)7/h1-4,18-20H,5-15H2,(H3,25,26,27,28);(H,6,7)/t19-,20+;/m0./s1. The van der Waals surface area contributed by atoms with E-state index in [1.54, 1.807) is 0 Å². The Morgan fingerprint density at radius 3 is 2.29 bits per heavy atom. The third-order valence-electron chi connectivity index (χ3n) is 7.29. The second kappa shape index (κ2) is 13.7. The number of ether oxygens (including phenoxy) is 2. The molecule has 3 fully saturated rings. The molecule has 4 N–H and O–H groups in total. The zero-order valence-electron chi connectivity index (χ0n) is 22.2.